The maximum atomic E-state index is 12.9. The Morgan fingerprint density at radius 1 is 1.39 bits per heavy atom. The van der Waals surface area contributed by atoms with Crippen LogP contribution in [0.4, 0.5) is 4.39 Å². The van der Waals surface area contributed by atoms with E-state index < -0.39 is 27.2 Å². The number of hydrogen-bond donors (Lipinski definition) is 0. The molecule has 0 heterocycles. The van der Waals surface area contributed by atoms with Crippen LogP contribution in [0.25, 0.3) is 0 Å². The fourth-order valence-corrected chi connectivity index (χ4v) is 3.34. The molecule has 0 fully saturated rings. The molecular weight excluding hydrogens is 255 g/mol. The quantitative estimate of drug-likeness (QED) is 0.747. The lowest BCUT2D eigenvalue weighted by Gasteiger charge is -2.08. The van der Waals surface area contributed by atoms with Gasteiger partial charge in [0.25, 0.3) is 0 Å². The van der Waals surface area contributed by atoms with Crippen molar-refractivity contribution in [2.75, 3.05) is 11.5 Å². The van der Waals surface area contributed by atoms with E-state index in [2.05, 4.69) is 0 Å². The molecule has 0 aliphatic carbocycles. The number of carbonyl (C=O) groups excluding carboxylic acids is 1. The highest BCUT2D eigenvalue weighted by Crippen LogP contribution is 2.10. The molecular formula is C13H17FO3S. The van der Waals surface area contributed by atoms with Crippen molar-refractivity contribution < 1.29 is 17.6 Å². The lowest BCUT2D eigenvalue weighted by atomic mass is 10.1. The van der Waals surface area contributed by atoms with Crippen LogP contribution in [0.15, 0.2) is 24.3 Å². The van der Waals surface area contributed by atoms with Crippen molar-refractivity contribution in [1.29, 1.82) is 0 Å². The predicted octanol–water partition coefficient (Wildman–Crippen LogP) is 2.47. The van der Waals surface area contributed by atoms with Gasteiger partial charge >= 0.3 is 0 Å². The van der Waals surface area contributed by atoms with Gasteiger partial charge in [0.05, 0.1) is 5.75 Å². The average Bonchev–Trinajstić information content (AvgIpc) is 2.27. The Kier molecular flexibility index (Phi) is 5.02. The predicted molar refractivity (Wildman–Crippen MR) is 68.8 cm³/mol. The maximum Gasteiger partial charge on any atom is 0.177 e. The van der Waals surface area contributed by atoms with E-state index in [0.29, 0.717) is 0 Å². The molecule has 0 aromatic heterocycles. The van der Waals surface area contributed by atoms with E-state index in [4.69, 9.17) is 0 Å². The maximum absolute atomic E-state index is 12.9. The van der Waals surface area contributed by atoms with Gasteiger partial charge in [-0.2, -0.15) is 0 Å². The third kappa shape index (κ3) is 4.56. The van der Waals surface area contributed by atoms with Crippen LogP contribution < -0.4 is 0 Å². The molecule has 0 bridgehead atoms. The first-order chi connectivity index (χ1) is 8.34. The smallest absolute Gasteiger partial charge is 0.177 e. The van der Waals surface area contributed by atoms with Gasteiger partial charge in [-0.1, -0.05) is 32.4 Å². The molecule has 0 aliphatic rings. The van der Waals surface area contributed by atoms with Crippen molar-refractivity contribution in [2.45, 2.75) is 20.3 Å². The Morgan fingerprint density at radius 3 is 2.61 bits per heavy atom. The highest BCUT2D eigenvalue weighted by Gasteiger charge is 2.20. The number of sulfone groups is 1. The molecule has 100 valence electrons. The fraction of sp³-hybridized carbons (Fsp3) is 0.462. The van der Waals surface area contributed by atoms with E-state index in [1.165, 1.54) is 18.2 Å². The van der Waals surface area contributed by atoms with Crippen LogP contribution in [-0.4, -0.2) is 25.7 Å². The summed E-state index contributed by atoms with van der Waals surface area (Å²) in [6, 6.07) is 5.08. The standard InChI is InChI=1S/C13H17FO3S/c1-3-10(2)8-18(16,17)9-13(15)11-5-4-6-12(14)7-11/h4-7,10H,3,8-9H2,1-2H3. The zero-order valence-corrected chi connectivity index (χ0v) is 11.3. The minimum atomic E-state index is -3.43. The van der Waals surface area contributed by atoms with E-state index in [-0.39, 0.29) is 17.2 Å². The molecule has 1 rings (SSSR count). The van der Waals surface area contributed by atoms with Crippen molar-refractivity contribution in [1.82, 2.24) is 0 Å². The van der Waals surface area contributed by atoms with Crippen LogP contribution in [0, 0.1) is 11.7 Å². The number of halogens is 1. The summed E-state index contributed by atoms with van der Waals surface area (Å²) in [5.74, 6) is -1.64. The van der Waals surface area contributed by atoms with Gasteiger partial charge in [0.15, 0.2) is 15.6 Å². The lowest BCUT2D eigenvalue weighted by Crippen LogP contribution is -2.22. The molecule has 0 saturated heterocycles. The first-order valence-electron chi connectivity index (χ1n) is 5.83. The van der Waals surface area contributed by atoms with Crippen LogP contribution in [0.2, 0.25) is 0 Å². The van der Waals surface area contributed by atoms with Crippen LogP contribution >= 0.6 is 0 Å². The largest absolute Gasteiger partial charge is 0.293 e. The molecule has 0 N–H and O–H groups in total. The summed E-state index contributed by atoms with van der Waals surface area (Å²) in [5, 5.41) is 0. The fourth-order valence-electron chi connectivity index (χ4n) is 1.56. The summed E-state index contributed by atoms with van der Waals surface area (Å²) in [4.78, 5) is 11.7. The molecule has 0 aliphatic heterocycles. The first-order valence-corrected chi connectivity index (χ1v) is 7.65. The molecule has 0 radical (unpaired) electrons. The third-order valence-corrected chi connectivity index (χ3v) is 4.51. The van der Waals surface area contributed by atoms with Crippen LogP contribution in [0.3, 0.4) is 0 Å². The van der Waals surface area contributed by atoms with E-state index >= 15 is 0 Å². The van der Waals surface area contributed by atoms with E-state index in [0.717, 1.165) is 12.5 Å². The molecule has 1 aromatic carbocycles. The number of Topliss-reactive ketones (excluding diaryl/α,β-unsaturated/α-hetero) is 1. The molecule has 3 nitrogen and oxygen atoms in total. The third-order valence-electron chi connectivity index (χ3n) is 2.73. The van der Waals surface area contributed by atoms with Gasteiger partial charge in [-0.15, -0.1) is 0 Å². The molecule has 0 spiro atoms. The van der Waals surface area contributed by atoms with Crippen molar-refractivity contribution in [3.05, 3.63) is 35.6 Å². The Bertz CT molecular complexity index is 523. The normalized spacial score (nSPS) is 13.3. The van der Waals surface area contributed by atoms with E-state index in [1.54, 1.807) is 0 Å². The van der Waals surface area contributed by atoms with Crippen LogP contribution in [-0.2, 0) is 9.84 Å². The zero-order chi connectivity index (χ0) is 13.8. The highest BCUT2D eigenvalue weighted by atomic mass is 32.2. The van der Waals surface area contributed by atoms with Gasteiger partial charge < -0.3 is 0 Å². The SMILES string of the molecule is CCC(C)CS(=O)(=O)CC(=O)c1cccc(F)c1. The van der Waals surface area contributed by atoms with Crippen molar-refractivity contribution >= 4 is 15.6 Å². The van der Waals surface area contributed by atoms with Crippen molar-refractivity contribution in [3.63, 3.8) is 0 Å². The minimum Gasteiger partial charge on any atom is -0.293 e. The monoisotopic (exact) mass is 272 g/mol. The van der Waals surface area contributed by atoms with E-state index in [9.17, 15) is 17.6 Å². The summed E-state index contributed by atoms with van der Waals surface area (Å²) in [5.41, 5.74) is 0.0997. The van der Waals surface area contributed by atoms with Gasteiger partial charge in [-0.3, -0.25) is 4.79 Å². The summed E-state index contributed by atoms with van der Waals surface area (Å²) < 4.78 is 36.4. The summed E-state index contributed by atoms with van der Waals surface area (Å²) in [6.45, 7) is 3.72. The van der Waals surface area contributed by atoms with Gasteiger partial charge in [-0.05, 0) is 18.1 Å². The second-order valence-electron chi connectivity index (χ2n) is 4.50. The number of hydrogen-bond acceptors (Lipinski definition) is 3. The van der Waals surface area contributed by atoms with Crippen molar-refractivity contribution in [2.24, 2.45) is 5.92 Å². The van der Waals surface area contributed by atoms with E-state index in [1.807, 2.05) is 13.8 Å². The zero-order valence-electron chi connectivity index (χ0n) is 10.5. The molecule has 18 heavy (non-hydrogen) atoms. The topological polar surface area (TPSA) is 51.2 Å². The second-order valence-corrected chi connectivity index (χ2v) is 6.61. The number of ketones is 1. The number of carbonyl (C=O) groups is 1. The molecule has 1 unspecified atom stereocenters. The average molecular weight is 272 g/mol. The highest BCUT2D eigenvalue weighted by molar-refractivity contribution is 7.92. The molecule has 0 saturated carbocycles. The van der Waals surface area contributed by atoms with Gasteiger partial charge in [0, 0.05) is 5.56 Å². The second kappa shape index (κ2) is 6.09. The van der Waals surface area contributed by atoms with Gasteiger partial charge in [-0.25, -0.2) is 12.8 Å². The molecule has 1 aromatic rings. The van der Waals surface area contributed by atoms with Gasteiger partial charge in [0.2, 0.25) is 0 Å². The Balaban J connectivity index is 2.76. The summed E-state index contributed by atoms with van der Waals surface area (Å²) in [7, 11) is -3.43. The Morgan fingerprint density at radius 2 is 2.06 bits per heavy atom. The van der Waals surface area contributed by atoms with Gasteiger partial charge in [0.1, 0.15) is 11.6 Å². The summed E-state index contributed by atoms with van der Waals surface area (Å²) >= 11 is 0. The summed E-state index contributed by atoms with van der Waals surface area (Å²) in [6.07, 6.45) is 0.743. The first kappa shape index (κ1) is 14.8. The number of benzene rings is 1. The van der Waals surface area contributed by atoms with Crippen LogP contribution in [0.1, 0.15) is 30.6 Å². The van der Waals surface area contributed by atoms with Crippen molar-refractivity contribution in [3.8, 4) is 0 Å². The van der Waals surface area contributed by atoms with Crippen LogP contribution in [0.5, 0.6) is 0 Å². The lowest BCUT2D eigenvalue weighted by molar-refractivity contribution is 0.102. The molecule has 0 amide bonds. The molecule has 1 atom stereocenters. The number of rotatable bonds is 6. The Hall–Kier alpha value is -1.23. The minimum absolute atomic E-state index is 0.00937. The Labute approximate surface area is 107 Å². The molecule has 5 heteroatoms.